The minimum Gasteiger partial charge on any atom is -0.352 e. The Morgan fingerprint density at radius 3 is 2.04 bits per heavy atom. The lowest BCUT2D eigenvalue weighted by Crippen LogP contribution is -2.24. The van der Waals surface area contributed by atoms with Crippen molar-refractivity contribution in [2.45, 2.75) is 59.8 Å². The number of amides is 2. The van der Waals surface area contributed by atoms with E-state index in [0.29, 0.717) is 5.92 Å². The molecule has 0 fully saturated rings. The van der Waals surface area contributed by atoms with Crippen LogP contribution in [-0.4, -0.2) is 38.1 Å². The van der Waals surface area contributed by atoms with Gasteiger partial charge >= 0.3 is 6.03 Å². The molecule has 0 spiro atoms. The van der Waals surface area contributed by atoms with Crippen LogP contribution in [-0.2, 0) is 0 Å². The summed E-state index contributed by atoms with van der Waals surface area (Å²) >= 11 is 0. The average Bonchev–Trinajstić information content (AvgIpc) is 2.66. The van der Waals surface area contributed by atoms with E-state index in [1.807, 2.05) is 13.8 Å². The van der Waals surface area contributed by atoms with Crippen LogP contribution in [0.5, 0.6) is 0 Å². The van der Waals surface area contributed by atoms with Gasteiger partial charge in [0.25, 0.3) is 0 Å². The van der Waals surface area contributed by atoms with Crippen LogP contribution in [0.25, 0.3) is 0 Å². The van der Waals surface area contributed by atoms with Gasteiger partial charge in [0.1, 0.15) is 0 Å². The van der Waals surface area contributed by atoms with Crippen LogP contribution in [0.4, 0.5) is 4.79 Å². The van der Waals surface area contributed by atoms with Crippen molar-refractivity contribution in [1.82, 2.24) is 10.2 Å². The van der Waals surface area contributed by atoms with Gasteiger partial charge in [0.15, 0.2) is 0 Å². The number of hydrogen-bond donors (Lipinski definition) is 2. The second-order valence-electron chi connectivity index (χ2n) is 6.32. The molecule has 2 amide bonds. The van der Waals surface area contributed by atoms with E-state index in [9.17, 15) is 4.79 Å². The summed E-state index contributed by atoms with van der Waals surface area (Å²) in [6.45, 7) is 13.4. The predicted molar refractivity (Wildman–Crippen MR) is 111 cm³/mol. The van der Waals surface area contributed by atoms with E-state index in [2.05, 4.69) is 74.1 Å². The van der Waals surface area contributed by atoms with Gasteiger partial charge in [-0.1, -0.05) is 71.4 Å². The monoisotopic (exact) mass is 351 g/mol. The van der Waals surface area contributed by atoms with E-state index in [-0.39, 0.29) is 0 Å². The highest BCUT2D eigenvalue weighted by Crippen LogP contribution is 2.18. The number of benzene rings is 1. The number of nitrogens with two attached hydrogens (primary N) is 1. The molecular formula is C21H41N3O. The van der Waals surface area contributed by atoms with Crippen LogP contribution < -0.4 is 11.1 Å². The number of rotatable bonds is 8. The minimum absolute atomic E-state index is 0.495. The highest BCUT2D eigenvalue weighted by molar-refractivity contribution is 5.71. The highest BCUT2D eigenvalue weighted by Gasteiger charge is 2.07. The number of carbonyl (C=O) groups is 1. The zero-order valence-electron chi connectivity index (χ0n) is 17.5. The lowest BCUT2D eigenvalue weighted by molar-refractivity contribution is 0.251. The van der Waals surface area contributed by atoms with Crippen molar-refractivity contribution in [2.24, 2.45) is 11.7 Å². The van der Waals surface area contributed by atoms with Crippen LogP contribution in [0.3, 0.4) is 0 Å². The number of urea groups is 1. The molecule has 2 atom stereocenters. The maximum Gasteiger partial charge on any atom is 0.311 e. The molecule has 3 N–H and O–H groups in total. The second kappa shape index (κ2) is 17.3. The molecule has 0 saturated carbocycles. The molecule has 1 aromatic carbocycles. The largest absolute Gasteiger partial charge is 0.352 e. The SMILES string of the molecule is CC.CCC(C)CCN(C)CCC(C)c1ccccc1.CNC(N)=O. The Morgan fingerprint density at radius 1 is 1.12 bits per heavy atom. The standard InChI is InChI=1S/C17H29N.C2H6N2O.C2H6/c1-5-15(2)11-13-18(4)14-12-16(3)17-9-7-6-8-10-17;1-4-2(3)5;1-2/h6-10,15-16H,5,11-14H2,1-4H3;1H3,(H3,3,4,5);1-2H3. The number of nitrogens with zero attached hydrogens (tertiary/aromatic N) is 1. The van der Waals surface area contributed by atoms with Crippen LogP contribution >= 0.6 is 0 Å². The fourth-order valence-electron chi connectivity index (χ4n) is 2.12. The average molecular weight is 352 g/mol. The van der Waals surface area contributed by atoms with Crippen molar-refractivity contribution in [3.05, 3.63) is 35.9 Å². The summed E-state index contributed by atoms with van der Waals surface area (Å²) in [5, 5.41) is 2.17. The van der Waals surface area contributed by atoms with Crippen LogP contribution in [0.2, 0.25) is 0 Å². The molecule has 25 heavy (non-hydrogen) atoms. The Bertz CT molecular complexity index is 409. The van der Waals surface area contributed by atoms with Crippen molar-refractivity contribution in [1.29, 1.82) is 0 Å². The fraction of sp³-hybridized carbons (Fsp3) is 0.667. The Morgan fingerprint density at radius 2 is 1.60 bits per heavy atom. The van der Waals surface area contributed by atoms with E-state index < -0.39 is 6.03 Å². The molecule has 0 bridgehead atoms. The third kappa shape index (κ3) is 15.7. The van der Waals surface area contributed by atoms with Gasteiger partial charge in [0, 0.05) is 7.05 Å². The van der Waals surface area contributed by atoms with Crippen LogP contribution in [0, 0.1) is 5.92 Å². The van der Waals surface area contributed by atoms with Gasteiger partial charge in [0.2, 0.25) is 0 Å². The summed E-state index contributed by atoms with van der Waals surface area (Å²) in [4.78, 5) is 12.0. The molecule has 4 nitrogen and oxygen atoms in total. The molecule has 0 aromatic heterocycles. The quantitative estimate of drug-likeness (QED) is 0.703. The van der Waals surface area contributed by atoms with Gasteiger partial charge in [-0.25, -0.2) is 4.79 Å². The topological polar surface area (TPSA) is 58.4 Å². The van der Waals surface area contributed by atoms with E-state index >= 15 is 0 Å². The molecule has 0 heterocycles. The molecule has 1 aromatic rings. The lowest BCUT2D eigenvalue weighted by Gasteiger charge is -2.21. The number of primary amides is 1. The molecular weight excluding hydrogens is 310 g/mol. The summed E-state index contributed by atoms with van der Waals surface area (Å²) in [6, 6.07) is 10.4. The summed E-state index contributed by atoms with van der Waals surface area (Å²) in [7, 11) is 3.72. The Balaban J connectivity index is 0. The maximum absolute atomic E-state index is 9.48. The van der Waals surface area contributed by atoms with Crippen molar-refractivity contribution < 1.29 is 4.79 Å². The second-order valence-corrected chi connectivity index (χ2v) is 6.32. The minimum atomic E-state index is -0.495. The molecule has 0 aliphatic rings. The first-order valence-corrected chi connectivity index (χ1v) is 9.61. The third-order valence-electron chi connectivity index (χ3n) is 4.26. The van der Waals surface area contributed by atoms with E-state index in [1.54, 1.807) is 0 Å². The number of hydrogen-bond acceptors (Lipinski definition) is 2. The summed E-state index contributed by atoms with van der Waals surface area (Å²) in [6.07, 6.45) is 3.88. The number of nitrogens with one attached hydrogen (secondary N) is 1. The Labute approximate surface area is 156 Å². The van der Waals surface area contributed by atoms with Gasteiger partial charge in [-0.3, -0.25) is 0 Å². The summed E-state index contributed by atoms with van der Waals surface area (Å²) < 4.78 is 0. The smallest absolute Gasteiger partial charge is 0.311 e. The van der Waals surface area contributed by atoms with Crippen LogP contribution in [0.1, 0.15) is 65.4 Å². The normalized spacial score (nSPS) is 12.2. The zero-order chi connectivity index (χ0) is 19.7. The molecule has 0 radical (unpaired) electrons. The fourth-order valence-corrected chi connectivity index (χ4v) is 2.12. The summed E-state index contributed by atoms with van der Waals surface area (Å²) in [5.41, 5.74) is 6.01. The molecule has 1 rings (SSSR count). The maximum atomic E-state index is 9.48. The van der Waals surface area contributed by atoms with Gasteiger partial charge in [-0.15, -0.1) is 0 Å². The molecule has 146 valence electrons. The van der Waals surface area contributed by atoms with E-state index in [4.69, 9.17) is 0 Å². The molecule has 4 heteroatoms. The molecule has 0 saturated heterocycles. The first-order chi connectivity index (χ1) is 11.9. The highest BCUT2D eigenvalue weighted by atomic mass is 16.2. The first kappa shape index (κ1) is 25.7. The van der Waals surface area contributed by atoms with Gasteiger partial charge < -0.3 is 16.0 Å². The van der Waals surface area contributed by atoms with Crippen molar-refractivity contribution >= 4 is 6.03 Å². The molecule has 0 aliphatic carbocycles. The van der Waals surface area contributed by atoms with E-state index in [0.717, 1.165) is 5.92 Å². The summed E-state index contributed by atoms with van der Waals surface area (Å²) in [5.74, 6) is 1.52. The predicted octanol–water partition coefficient (Wildman–Crippen LogP) is 4.86. The molecule has 2 unspecified atom stereocenters. The Hall–Kier alpha value is -1.55. The first-order valence-electron chi connectivity index (χ1n) is 9.61. The van der Waals surface area contributed by atoms with Crippen molar-refractivity contribution in [3.63, 3.8) is 0 Å². The Kier molecular flexibility index (Phi) is 17.8. The lowest BCUT2D eigenvalue weighted by atomic mass is 9.97. The van der Waals surface area contributed by atoms with Gasteiger partial charge in [0.05, 0.1) is 0 Å². The zero-order valence-corrected chi connectivity index (χ0v) is 17.5. The third-order valence-corrected chi connectivity index (χ3v) is 4.26. The van der Waals surface area contributed by atoms with E-state index in [1.165, 1.54) is 45.0 Å². The van der Waals surface area contributed by atoms with Crippen molar-refractivity contribution in [2.75, 3.05) is 27.2 Å². The van der Waals surface area contributed by atoms with Gasteiger partial charge in [-0.05, 0) is 50.4 Å². The molecule has 0 aliphatic heterocycles. The van der Waals surface area contributed by atoms with Crippen molar-refractivity contribution in [3.8, 4) is 0 Å². The van der Waals surface area contributed by atoms with Crippen LogP contribution in [0.15, 0.2) is 30.3 Å². The van der Waals surface area contributed by atoms with Gasteiger partial charge in [-0.2, -0.15) is 0 Å². The number of carbonyl (C=O) groups excluding carboxylic acids is 1.